The third-order valence-electron chi connectivity index (χ3n) is 6.30. The molecule has 3 amide bonds. The molecule has 184 valence electrons. The van der Waals surface area contributed by atoms with Gasteiger partial charge in [-0.05, 0) is 66.8 Å². The summed E-state index contributed by atoms with van der Waals surface area (Å²) in [5.74, 6) is 1.07. The van der Waals surface area contributed by atoms with Crippen LogP contribution in [-0.4, -0.2) is 53.6 Å². The largest absolute Gasteiger partial charge is 0.493 e. The lowest BCUT2D eigenvalue weighted by Crippen LogP contribution is -2.45. The fourth-order valence-electron chi connectivity index (χ4n) is 4.02. The predicted octanol–water partition coefficient (Wildman–Crippen LogP) is 4.88. The van der Waals surface area contributed by atoms with Crippen molar-refractivity contribution in [3.63, 3.8) is 0 Å². The number of imide groups is 1. The van der Waals surface area contributed by atoms with Gasteiger partial charge in [0.1, 0.15) is 13.2 Å². The molecule has 0 spiro atoms. The Hall–Kier alpha value is -3.26. The standard InChI is InChI=1S/C27H30N2O5S/c1-18-4-6-20(7-5-18)17-34-22-9-8-21(14-23(22)33-3)15-24-26(31)29(27(32)35-24)16-25(30)28-12-10-19(2)11-13-28/h4-9,14-15,19H,10-13,16-17H2,1-3H3/b24-15+. The van der Waals surface area contributed by atoms with Crippen LogP contribution in [0.5, 0.6) is 11.5 Å². The van der Waals surface area contributed by atoms with Crippen molar-refractivity contribution >= 4 is 34.9 Å². The molecule has 2 saturated heterocycles. The molecule has 0 radical (unpaired) electrons. The van der Waals surface area contributed by atoms with Crippen LogP contribution in [0.3, 0.4) is 0 Å². The van der Waals surface area contributed by atoms with Crippen LogP contribution in [0.1, 0.15) is 36.5 Å². The van der Waals surface area contributed by atoms with Crippen LogP contribution >= 0.6 is 11.8 Å². The Morgan fingerprint density at radius 2 is 1.80 bits per heavy atom. The first-order valence-corrected chi connectivity index (χ1v) is 12.5. The van der Waals surface area contributed by atoms with Crippen molar-refractivity contribution in [1.29, 1.82) is 0 Å². The molecule has 0 atom stereocenters. The molecule has 8 heteroatoms. The topological polar surface area (TPSA) is 76.2 Å². The lowest BCUT2D eigenvalue weighted by Gasteiger charge is -2.31. The highest BCUT2D eigenvalue weighted by Crippen LogP contribution is 2.35. The van der Waals surface area contributed by atoms with E-state index in [1.54, 1.807) is 36.3 Å². The van der Waals surface area contributed by atoms with Crippen LogP contribution in [0.4, 0.5) is 4.79 Å². The second kappa shape index (κ2) is 11.0. The fraction of sp³-hybridized carbons (Fsp3) is 0.370. The molecule has 0 aliphatic carbocycles. The molecule has 0 N–H and O–H groups in total. The molecule has 0 saturated carbocycles. The summed E-state index contributed by atoms with van der Waals surface area (Å²) in [7, 11) is 1.55. The van der Waals surface area contributed by atoms with Crippen molar-refractivity contribution in [2.75, 3.05) is 26.7 Å². The zero-order valence-electron chi connectivity index (χ0n) is 20.3. The van der Waals surface area contributed by atoms with Gasteiger partial charge in [0.15, 0.2) is 11.5 Å². The van der Waals surface area contributed by atoms with E-state index >= 15 is 0 Å². The number of hydrogen-bond donors (Lipinski definition) is 0. The van der Waals surface area contributed by atoms with Gasteiger partial charge in [0, 0.05) is 13.1 Å². The average Bonchev–Trinajstić information content (AvgIpc) is 3.11. The minimum Gasteiger partial charge on any atom is -0.493 e. The lowest BCUT2D eigenvalue weighted by atomic mass is 9.99. The van der Waals surface area contributed by atoms with E-state index in [0.29, 0.717) is 42.7 Å². The molecule has 4 rings (SSSR count). The van der Waals surface area contributed by atoms with Crippen molar-refractivity contribution in [2.45, 2.75) is 33.3 Å². The van der Waals surface area contributed by atoms with Gasteiger partial charge in [-0.1, -0.05) is 42.8 Å². The molecule has 0 bridgehead atoms. The number of carbonyl (C=O) groups is 3. The molecule has 2 fully saturated rings. The first-order valence-electron chi connectivity index (χ1n) is 11.7. The van der Waals surface area contributed by atoms with Crippen LogP contribution in [-0.2, 0) is 16.2 Å². The molecule has 2 aliphatic heterocycles. The van der Waals surface area contributed by atoms with Gasteiger partial charge in [0.05, 0.1) is 12.0 Å². The second-order valence-corrected chi connectivity index (χ2v) is 10.0. The van der Waals surface area contributed by atoms with Crippen LogP contribution in [0, 0.1) is 12.8 Å². The van der Waals surface area contributed by atoms with Gasteiger partial charge in [0.25, 0.3) is 11.1 Å². The minimum absolute atomic E-state index is 0.183. The van der Waals surface area contributed by atoms with E-state index in [2.05, 4.69) is 6.92 Å². The van der Waals surface area contributed by atoms with E-state index in [-0.39, 0.29) is 17.4 Å². The summed E-state index contributed by atoms with van der Waals surface area (Å²) in [5, 5.41) is -0.426. The van der Waals surface area contributed by atoms with Crippen molar-refractivity contribution in [3.8, 4) is 11.5 Å². The van der Waals surface area contributed by atoms with Gasteiger partial charge in [-0.3, -0.25) is 19.3 Å². The number of likely N-dealkylation sites (tertiary alicyclic amines) is 1. The molecule has 7 nitrogen and oxygen atoms in total. The highest BCUT2D eigenvalue weighted by molar-refractivity contribution is 8.18. The number of hydrogen-bond acceptors (Lipinski definition) is 6. The van der Waals surface area contributed by atoms with Crippen LogP contribution in [0.25, 0.3) is 6.08 Å². The molecule has 2 aromatic carbocycles. The first-order chi connectivity index (χ1) is 16.8. The van der Waals surface area contributed by atoms with Gasteiger partial charge in [-0.15, -0.1) is 0 Å². The molecule has 2 aliphatic rings. The van der Waals surface area contributed by atoms with E-state index in [0.717, 1.165) is 35.1 Å². The van der Waals surface area contributed by atoms with E-state index in [9.17, 15) is 14.4 Å². The van der Waals surface area contributed by atoms with E-state index in [1.165, 1.54) is 5.56 Å². The van der Waals surface area contributed by atoms with Crippen molar-refractivity contribution < 1.29 is 23.9 Å². The zero-order chi connectivity index (χ0) is 24.9. The van der Waals surface area contributed by atoms with Crippen LogP contribution in [0.15, 0.2) is 47.4 Å². The summed E-state index contributed by atoms with van der Waals surface area (Å²) in [6, 6.07) is 13.5. The Balaban J connectivity index is 1.42. The average molecular weight is 495 g/mol. The molecule has 2 aromatic rings. The van der Waals surface area contributed by atoms with E-state index in [1.807, 2.05) is 31.2 Å². The Morgan fingerprint density at radius 1 is 1.09 bits per heavy atom. The fourth-order valence-corrected chi connectivity index (χ4v) is 4.86. The maximum atomic E-state index is 12.9. The van der Waals surface area contributed by atoms with E-state index in [4.69, 9.17) is 9.47 Å². The minimum atomic E-state index is -0.447. The predicted molar refractivity (Wildman–Crippen MR) is 136 cm³/mol. The monoisotopic (exact) mass is 494 g/mol. The normalized spacial score (nSPS) is 17.9. The van der Waals surface area contributed by atoms with Gasteiger partial charge in [-0.2, -0.15) is 0 Å². The highest BCUT2D eigenvalue weighted by atomic mass is 32.2. The number of methoxy groups -OCH3 is 1. The lowest BCUT2D eigenvalue weighted by molar-refractivity contribution is -0.136. The summed E-state index contributed by atoms with van der Waals surface area (Å²) in [6.45, 7) is 5.73. The zero-order valence-corrected chi connectivity index (χ0v) is 21.1. The summed E-state index contributed by atoms with van der Waals surface area (Å²) in [4.78, 5) is 41.1. The van der Waals surface area contributed by atoms with Crippen molar-refractivity contribution in [1.82, 2.24) is 9.80 Å². The molecule has 0 aromatic heterocycles. The smallest absolute Gasteiger partial charge is 0.294 e. The van der Waals surface area contributed by atoms with Gasteiger partial charge >= 0.3 is 0 Å². The third kappa shape index (κ3) is 6.06. The number of benzene rings is 2. The molecule has 35 heavy (non-hydrogen) atoms. The molecule has 2 heterocycles. The number of carbonyl (C=O) groups excluding carboxylic acids is 3. The van der Waals surface area contributed by atoms with Crippen molar-refractivity contribution in [3.05, 3.63) is 64.1 Å². The third-order valence-corrected chi connectivity index (χ3v) is 7.21. The Labute approximate surface area is 210 Å². The van der Waals surface area contributed by atoms with Crippen LogP contribution in [0.2, 0.25) is 0 Å². The molecular weight excluding hydrogens is 464 g/mol. The second-order valence-electron chi connectivity index (χ2n) is 9.02. The van der Waals surface area contributed by atoms with Gasteiger partial charge in [0.2, 0.25) is 5.91 Å². The number of amides is 3. The first kappa shape index (κ1) is 24.9. The van der Waals surface area contributed by atoms with E-state index < -0.39 is 11.1 Å². The molecular formula is C27H30N2O5S. The van der Waals surface area contributed by atoms with Gasteiger partial charge in [-0.25, -0.2) is 0 Å². The highest BCUT2D eigenvalue weighted by Gasteiger charge is 2.37. The van der Waals surface area contributed by atoms with Crippen LogP contribution < -0.4 is 9.47 Å². The number of nitrogens with zero attached hydrogens (tertiary/aromatic N) is 2. The SMILES string of the molecule is COc1cc(/C=C2/SC(=O)N(CC(=O)N3CCC(C)CC3)C2=O)ccc1OCc1ccc(C)cc1. The number of ether oxygens (including phenoxy) is 2. The summed E-state index contributed by atoms with van der Waals surface area (Å²) >= 11 is 0.848. The summed E-state index contributed by atoms with van der Waals surface area (Å²) in [6.07, 6.45) is 3.53. The number of aryl methyl sites for hydroxylation is 1. The van der Waals surface area contributed by atoms with Gasteiger partial charge < -0.3 is 14.4 Å². The van der Waals surface area contributed by atoms with Crippen molar-refractivity contribution in [2.24, 2.45) is 5.92 Å². The Kier molecular flexibility index (Phi) is 7.80. The maximum Gasteiger partial charge on any atom is 0.294 e. The maximum absolute atomic E-state index is 12.9. The molecule has 0 unspecified atom stereocenters. The summed E-state index contributed by atoms with van der Waals surface area (Å²) < 4.78 is 11.4. The Bertz CT molecular complexity index is 1140. The quantitative estimate of drug-likeness (QED) is 0.511. The number of piperidine rings is 1. The number of thioether (sulfide) groups is 1. The Morgan fingerprint density at radius 3 is 2.49 bits per heavy atom. The number of rotatable bonds is 7. The summed E-state index contributed by atoms with van der Waals surface area (Å²) in [5.41, 5.74) is 2.93.